The van der Waals surface area contributed by atoms with Crippen LogP contribution < -0.4 is 4.90 Å². The summed E-state index contributed by atoms with van der Waals surface area (Å²) in [6, 6.07) is 52.3. The smallest absolute Gasteiger partial charge is 0.0492 e. The van der Waals surface area contributed by atoms with Gasteiger partial charge in [-0.25, -0.2) is 0 Å². The highest BCUT2D eigenvalue weighted by Crippen LogP contribution is 2.61. The van der Waals surface area contributed by atoms with Crippen molar-refractivity contribution in [2.75, 3.05) is 4.90 Å². The number of rotatable bonds is 3. The largest absolute Gasteiger partial charge is 0.335 e. The van der Waals surface area contributed by atoms with Crippen molar-refractivity contribution < 1.29 is 0 Å². The van der Waals surface area contributed by atoms with Crippen molar-refractivity contribution in [2.24, 2.45) is 11.3 Å². The molecule has 0 saturated heterocycles. The molecule has 1 saturated carbocycles. The number of nitrogens with zero attached hydrogens (tertiary/aromatic N) is 1. The highest BCUT2D eigenvalue weighted by molar-refractivity contribution is 6.23. The zero-order valence-electron chi connectivity index (χ0n) is 28.5. The van der Waals surface area contributed by atoms with Gasteiger partial charge in [-0.3, -0.25) is 0 Å². The number of fused-ring (bicyclic) bond motifs is 6. The lowest BCUT2D eigenvalue weighted by Crippen LogP contribution is -2.48. The molecule has 2 aliphatic rings. The van der Waals surface area contributed by atoms with E-state index < -0.39 is 0 Å². The summed E-state index contributed by atoms with van der Waals surface area (Å²) in [7, 11) is 0. The van der Waals surface area contributed by atoms with Gasteiger partial charge in [-0.1, -0.05) is 136 Å². The molecule has 1 fully saturated rings. The average molecular weight is 622 g/mol. The first-order valence-electron chi connectivity index (χ1n) is 17.7. The van der Waals surface area contributed by atoms with Gasteiger partial charge in [0.1, 0.15) is 0 Å². The first kappa shape index (κ1) is 29.3. The lowest BCUT2D eigenvalue weighted by atomic mass is 9.62. The molecule has 9 rings (SSSR count). The van der Waals surface area contributed by atoms with Gasteiger partial charge in [-0.15, -0.1) is 0 Å². The minimum atomic E-state index is 0.0480. The molecule has 1 aliphatic heterocycles. The summed E-state index contributed by atoms with van der Waals surface area (Å²) in [5.41, 5.74) is 9.83. The summed E-state index contributed by atoms with van der Waals surface area (Å²) in [4.78, 5) is 2.69. The molecule has 3 unspecified atom stereocenters. The Balaban J connectivity index is 1.30. The molecular formula is C47H43N. The third-order valence-corrected chi connectivity index (χ3v) is 11.9. The van der Waals surface area contributed by atoms with Crippen molar-refractivity contribution in [3.8, 4) is 22.3 Å². The fraction of sp³-hybridized carbons (Fsp3) is 0.234. The van der Waals surface area contributed by atoms with Gasteiger partial charge in [0.05, 0.1) is 0 Å². The van der Waals surface area contributed by atoms with Gasteiger partial charge in [0, 0.05) is 22.8 Å². The molecule has 1 aliphatic carbocycles. The van der Waals surface area contributed by atoms with E-state index in [1.165, 1.54) is 90.8 Å². The fourth-order valence-electron chi connectivity index (χ4n) is 9.47. The van der Waals surface area contributed by atoms with Crippen LogP contribution in [0.5, 0.6) is 0 Å². The van der Waals surface area contributed by atoms with Crippen LogP contribution in [-0.2, 0) is 0 Å². The van der Waals surface area contributed by atoms with Crippen LogP contribution in [0.15, 0.2) is 140 Å². The summed E-state index contributed by atoms with van der Waals surface area (Å²) in [6.45, 7) is 9.86. The monoisotopic (exact) mass is 621 g/mol. The molecule has 48 heavy (non-hydrogen) atoms. The topological polar surface area (TPSA) is 3.24 Å². The van der Waals surface area contributed by atoms with Gasteiger partial charge < -0.3 is 4.90 Å². The van der Waals surface area contributed by atoms with Crippen LogP contribution in [-0.4, -0.2) is 5.54 Å². The van der Waals surface area contributed by atoms with Crippen LogP contribution in [0.25, 0.3) is 54.6 Å². The number of anilines is 2. The van der Waals surface area contributed by atoms with Crippen molar-refractivity contribution >= 4 is 43.7 Å². The standard InChI is InChI=1S/C47H43N/c1-46(2,3)33-27-28-47(4)42(30-33)41-29-32(25-26-43(41)48(47)34-17-6-5-7-18-34)44-37-20-10-12-22-39(37)45(40-23-13-11-21-38(40)44)36-24-14-16-31-15-8-9-19-35(31)36/h5-26,29,33,42H,27-28,30H2,1-4H3. The van der Waals surface area contributed by atoms with Crippen molar-refractivity contribution in [1.29, 1.82) is 0 Å². The average Bonchev–Trinajstić information content (AvgIpc) is 3.37. The van der Waals surface area contributed by atoms with Crippen molar-refractivity contribution in [1.82, 2.24) is 0 Å². The Morgan fingerprint density at radius 1 is 0.604 bits per heavy atom. The van der Waals surface area contributed by atoms with Crippen LogP contribution in [0.1, 0.15) is 58.4 Å². The third kappa shape index (κ3) is 4.37. The SMILES string of the molecule is CC(C)(C)C1CCC2(C)C(C1)c1cc(-c3c4ccccc4c(-c4cccc5ccccc45)c4ccccc34)ccc1N2c1ccccc1. The summed E-state index contributed by atoms with van der Waals surface area (Å²) in [6.07, 6.45) is 3.69. The van der Waals surface area contributed by atoms with Crippen molar-refractivity contribution in [3.05, 3.63) is 145 Å². The van der Waals surface area contributed by atoms with E-state index in [0.717, 1.165) is 0 Å². The molecule has 236 valence electrons. The number of para-hydroxylation sites is 1. The molecule has 7 aromatic carbocycles. The first-order chi connectivity index (χ1) is 23.3. The zero-order chi connectivity index (χ0) is 32.6. The normalized spacial score (nSPS) is 20.7. The van der Waals surface area contributed by atoms with E-state index in [0.29, 0.717) is 17.3 Å². The Bertz CT molecular complexity index is 2280. The second-order valence-electron chi connectivity index (χ2n) is 15.6. The number of benzene rings is 7. The molecule has 0 spiro atoms. The van der Waals surface area contributed by atoms with Gasteiger partial charge in [0.25, 0.3) is 0 Å². The molecule has 7 aromatic rings. The zero-order valence-corrected chi connectivity index (χ0v) is 28.5. The summed E-state index contributed by atoms with van der Waals surface area (Å²) in [5, 5.41) is 7.82. The van der Waals surface area contributed by atoms with Crippen molar-refractivity contribution in [2.45, 2.75) is 58.4 Å². The quantitative estimate of drug-likeness (QED) is 0.177. The molecule has 1 heterocycles. The molecule has 0 bridgehead atoms. The van der Waals surface area contributed by atoms with Crippen molar-refractivity contribution in [3.63, 3.8) is 0 Å². The van der Waals surface area contributed by atoms with Gasteiger partial charge in [0.2, 0.25) is 0 Å². The van der Waals surface area contributed by atoms with Gasteiger partial charge in [-0.2, -0.15) is 0 Å². The Labute approximate surface area is 284 Å². The van der Waals surface area contributed by atoms with Crippen LogP contribution >= 0.6 is 0 Å². The third-order valence-electron chi connectivity index (χ3n) is 11.9. The minimum Gasteiger partial charge on any atom is -0.335 e. The lowest BCUT2D eigenvalue weighted by Gasteiger charge is -2.49. The van der Waals surface area contributed by atoms with Crippen LogP contribution in [0.2, 0.25) is 0 Å². The highest BCUT2D eigenvalue weighted by Gasteiger charge is 2.53. The van der Waals surface area contributed by atoms with E-state index >= 15 is 0 Å². The van der Waals surface area contributed by atoms with E-state index in [-0.39, 0.29) is 5.54 Å². The second-order valence-corrected chi connectivity index (χ2v) is 15.6. The van der Waals surface area contributed by atoms with Gasteiger partial charge in [-0.05, 0) is 122 Å². The summed E-state index contributed by atoms with van der Waals surface area (Å²) >= 11 is 0. The molecule has 1 heteroatoms. The van der Waals surface area contributed by atoms with E-state index in [1.807, 2.05) is 0 Å². The molecule has 3 atom stereocenters. The van der Waals surface area contributed by atoms with Crippen LogP contribution in [0.4, 0.5) is 11.4 Å². The van der Waals surface area contributed by atoms with E-state index in [2.05, 4.69) is 172 Å². The summed E-state index contributed by atoms with van der Waals surface area (Å²) in [5.74, 6) is 1.17. The molecule has 0 aromatic heterocycles. The van der Waals surface area contributed by atoms with E-state index in [1.54, 1.807) is 0 Å². The number of hydrogen-bond donors (Lipinski definition) is 0. The molecule has 1 nitrogen and oxygen atoms in total. The molecule has 0 N–H and O–H groups in total. The van der Waals surface area contributed by atoms with Crippen LogP contribution in [0, 0.1) is 11.3 Å². The molecule has 0 radical (unpaired) electrons. The molecular weight excluding hydrogens is 579 g/mol. The van der Waals surface area contributed by atoms with Gasteiger partial charge >= 0.3 is 0 Å². The van der Waals surface area contributed by atoms with E-state index in [4.69, 9.17) is 0 Å². The summed E-state index contributed by atoms with van der Waals surface area (Å²) < 4.78 is 0. The first-order valence-corrected chi connectivity index (χ1v) is 17.7. The maximum Gasteiger partial charge on any atom is 0.0492 e. The predicted molar refractivity (Wildman–Crippen MR) is 206 cm³/mol. The Kier molecular flexibility index (Phi) is 6.60. The Morgan fingerprint density at radius 3 is 1.85 bits per heavy atom. The highest BCUT2D eigenvalue weighted by atomic mass is 15.2. The number of hydrogen-bond acceptors (Lipinski definition) is 1. The lowest BCUT2D eigenvalue weighted by molar-refractivity contribution is 0.127. The predicted octanol–water partition coefficient (Wildman–Crippen LogP) is 13.3. The van der Waals surface area contributed by atoms with Crippen LogP contribution in [0.3, 0.4) is 0 Å². The van der Waals surface area contributed by atoms with Gasteiger partial charge in [0.15, 0.2) is 0 Å². The Morgan fingerprint density at radius 2 is 1.19 bits per heavy atom. The second kappa shape index (κ2) is 10.8. The maximum atomic E-state index is 2.69. The minimum absolute atomic E-state index is 0.0480. The fourth-order valence-corrected chi connectivity index (χ4v) is 9.47. The molecule has 0 amide bonds. The maximum absolute atomic E-state index is 2.69. The Hall–Kier alpha value is -4.88. The van der Waals surface area contributed by atoms with E-state index in [9.17, 15) is 0 Å².